The minimum atomic E-state index is -3.87. The number of ether oxygens (including phenoxy) is 1. The lowest BCUT2D eigenvalue weighted by molar-refractivity contribution is -0.140. The summed E-state index contributed by atoms with van der Waals surface area (Å²) in [6, 6.07) is 20.1. The molecule has 3 aromatic carbocycles. The van der Waals surface area contributed by atoms with Crippen molar-refractivity contribution in [1.82, 2.24) is 10.2 Å². The normalized spacial score (nSPS) is 11.9. The number of rotatable bonds is 12. The first-order valence-corrected chi connectivity index (χ1v) is 14.8. The van der Waals surface area contributed by atoms with Gasteiger partial charge in [-0.15, -0.1) is 0 Å². The number of hydrogen-bond acceptors (Lipinski definition) is 5. The molecule has 1 atom stereocenters. The molecule has 0 aliphatic carbocycles. The number of likely N-dealkylation sites (N-methyl/N-ethyl adjacent to an activating group) is 1. The molecule has 3 rings (SSSR count). The van der Waals surface area contributed by atoms with Crippen molar-refractivity contribution in [1.29, 1.82) is 0 Å². The Balaban J connectivity index is 1.87. The molecule has 0 aliphatic rings. The fourth-order valence-corrected chi connectivity index (χ4v) is 5.37. The zero-order valence-corrected chi connectivity index (χ0v) is 24.3. The van der Waals surface area contributed by atoms with Gasteiger partial charge in [0.1, 0.15) is 24.9 Å². The van der Waals surface area contributed by atoms with E-state index in [-0.39, 0.29) is 18.1 Å². The lowest BCUT2D eigenvalue weighted by atomic mass is 10.1. The zero-order chi connectivity index (χ0) is 28.6. The number of halogens is 2. The van der Waals surface area contributed by atoms with Gasteiger partial charge in [-0.3, -0.25) is 13.9 Å². The second kappa shape index (κ2) is 13.7. The average molecular weight is 593 g/mol. The number of nitrogens with one attached hydrogen (secondary N) is 1. The molecule has 2 amide bonds. The third-order valence-corrected chi connectivity index (χ3v) is 7.92. The summed E-state index contributed by atoms with van der Waals surface area (Å²) in [5.74, 6) is -0.431. The number of sulfonamides is 1. The predicted octanol–water partition coefficient (Wildman–Crippen LogP) is 4.89. The second-order valence-corrected chi connectivity index (χ2v) is 11.5. The number of hydrogen-bond donors (Lipinski definition) is 1. The van der Waals surface area contributed by atoms with Crippen LogP contribution in [0.5, 0.6) is 5.75 Å². The number of benzene rings is 3. The highest BCUT2D eigenvalue weighted by Crippen LogP contribution is 2.28. The van der Waals surface area contributed by atoms with E-state index in [1.54, 1.807) is 49.4 Å². The van der Waals surface area contributed by atoms with Crippen molar-refractivity contribution >= 4 is 50.7 Å². The number of carbonyl (C=O) groups excluding carboxylic acids is 2. The molecule has 0 saturated carbocycles. The molecule has 0 spiro atoms. The monoisotopic (exact) mass is 591 g/mol. The van der Waals surface area contributed by atoms with Crippen LogP contribution in [0.1, 0.15) is 24.5 Å². The Labute approximate surface area is 239 Å². The van der Waals surface area contributed by atoms with Crippen LogP contribution in [0, 0.1) is 0 Å². The van der Waals surface area contributed by atoms with Crippen molar-refractivity contribution < 1.29 is 22.7 Å². The summed E-state index contributed by atoms with van der Waals surface area (Å²) in [5.41, 5.74) is 1.73. The average Bonchev–Trinajstić information content (AvgIpc) is 2.92. The smallest absolute Gasteiger partial charge is 0.244 e. The zero-order valence-electron chi connectivity index (χ0n) is 21.9. The van der Waals surface area contributed by atoms with Gasteiger partial charge in [-0.25, -0.2) is 8.42 Å². The first-order chi connectivity index (χ1) is 18.5. The Bertz CT molecular complexity index is 1370. The largest absolute Gasteiger partial charge is 0.489 e. The van der Waals surface area contributed by atoms with Crippen LogP contribution in [0.2, 0.25) is 10.0 Å². The number of nitrogens with zero attached hydrogens (tertiary/aromatic N) is 2. The Hall–Kier alpha value is -3.27. The van der Waals surface area contributed by atoms with Gasteiger partial charge in [0, 0.05) is 29.2 Å². The van der Waals surface area contributed by atoms with Gasteiger partial charge in [-0.2, -0.15) is 0 Å². The highest BCUT2D eigenvalue weighted by Gasteiger charge is 2.32. The van der Waals surface area contributed by atoms with Crippen LogP contribution in [-0.4, -0.2) is 51.0 Å². The maximum atomic E-state index is 13.7. The second-order valence-electron chi connectivity index (χ2n) is 8.80. The van der Waals surface area contributed by atoms with E-state index in [0.29, 0.717) is 34.4 Å². The van der Waals surface area contributed by atoms with E-state index < -0.39 is 28.5 Å². The summed E-state index contributed by atoms with van der Waals surface area (Å²) in [5, 5.41) is 3.23. The number of amides is 2. The Morgan fingerprint density at radius 3 is 2.10 bits per heavy atom. The van der Waals surface area contributed by atoms with E-state index >= 15 is 0 Å². The molecule has 0 bridgehead atoms. The molecule has 0 fully saturated rings. The van der Waals surface area contributed by atoms with Gasteiger partial charge < -0.3 is 15.0 Å². The predicted molar refractivity (Wildman–Crippen MR) is 155 cm³/mol. The quantitative estimate of drug-likeness (QED) is 0.323. The number of anilines is 1. The Morgan fingerprint density at radius 2 is 1.56 bits per heavy atom. The van der Waals surface area contributed by atoms with Gasteiger partial charge in [0.05, 0.1) is 11.9 Å². The molecular weight excluding hydrogens is 561 g/mol. The van der Waals surface area contributed by atoms with Crippen LogP contribution >= 0.6 is 23.2 Å². The van der Waals surface area contributed by atoms with Crippen LogP contribution in [0.25, 0.3) is 0 Å². The molecule has 8 nitrogen and oxygen atoms in total. The van der Waals surface area contributed by atoms with Crippen molar-refractivity contribution in [2.75, 3.05) is 24.2 Å². The maximum Gasteiger partial charge on any atom is 0.244 e. The summed E-state index contributed by atoms with van der Waals surface area (Å²) >= 11 is 12.7. The molecule has 0 saturated heterocycles. The first kappa shape index (κ1) is 30.3. The summed E-state index contributed by atoms with van der Waals surface area (Å²) < 4.78 is 32.4. The van der Waals surface area contributed by atoms with Crippen LogP contribution < -0.4 is 14.4 Å². The van der Waals surface area contributed by atoms with Gasteiger partial charge in [0.15, 0.2) is 0 Å². The summed E-state index contributed by atoms with van der Waals surface area (Å²) in [6.07, 6.45) is 1.31. The minimum Gasteiger partial charge on any atom is -0.489 e. The van der Waals surface area contributed by atoms with E-state index in [9.17, 15) is 18.0 Å². The highest BCUT2D eigenvalue weighted by atomic mass is 35.5. The topological polar surface area (TPSA) is 96.0 Å². The van der Waals surface area contributed by atoms with E-state index in [1.807, 2.05) is 30.3 Å². The van der Waals surface area contributed by atoms with E-state index in [0.717, 1.165) is 16.1 Å². The SMILES string of the molecule is CC[C@@H](C(=O)NC)N(Cc1c(Cl)cccc1Cl)C(=O)CN(c1ccc(OCc2ccccc2)cc1)S(C)(=O)=O. The molecular formula is C28H31Cl2N3O5S. The van der Waals surface area contributed by atoms with E-state index in [2.05, 4.69) is 5.32 Å². The lowest BCUT2D eigenvalue weighted by Crippen LogP contribution is -2.51. The minimum absolute atomic E-state index is 0.0763. The van der Waals surface area contributed by atoms with Crippen molar-refractivity contribution in [2.45, 2.75) is 32.5 Å². The molecule has 1 N–H and O–H groups in total. The molecule has 0 aliphatic heterocycles. The van der Waals surface area contributed by atoms with Gasteiger partial charge in [0.25, 0.3) is 0 Å². The molecule has 0 unspecified atom stereocenters. The van der Waals surface area contributed by atoms with E-state index in [4.69, 9.17) is 27.9 Å². The van der Waals surface area contributed by atoms with Crippen LogP contribution in [0.15, 0.2) is 72.8 Å². The van der Waals surface area contributed by atoms with E-state index in [1.165, 1.54) is 11.9 Å². The third-order valence-electron chi connectivity index (χ3n) is 6.07. The van der Waals surface area contributed by atoms with Gasteiger partial charge in [-0.05, 0) is 48.4 Å². The molecule has 39 heavy (non-hydrogen) atoms. The van der Waals surface area contributed by atoms with Crippen LogP contribution in [0.4, 0.5) is 5.69 Å². The molecule has 0 radical (unpaired) electrons. The summed E-state index contributed by atoms with van der Waals surface area (Å²) in [7, 11) is -2.40. The molecule has 3 aromatic rings. The van der Waals surface area contributed by atoms with Crippen LogP contribution in [-0.2, 0) is 32.8 Å². The third kappa shape index (κ3) is 8.11. The van der Waals surface area contributed by atoms with Crippen molar-refractivity contribution in [3.63, 3.8) is 0 Å². The van der Waals surface area contributed by atoms with Crippen LogP contribution in [0.3, 0.4) is 0 Å². The first-order valence-electron chi connectivity index (χ1n) is 12.2. The van der Waals surface area contributed by atoms with Gasteiger partial charge in [-0.1, -0.05) is 66.5 Å². The summed E-state index contributed by atoms with van der Waals surface area (Å²) in [4.78, 5) is 27.7. The fourth-order valence-electron chi connectivity index (χ4n) is 4.00. The Kier molecular flexibility index (Phi) is 10.6. The van der Waals surface area contributed by atoms with Gasteiger partial charge in [0.2, 0.25) is 21.8 Å². The molecule has 11 heteroatoms. The maximum absolute atomic E-state index is 13.7. The lowest BCUT2D eigenvalue weighted by Gasteiger charge is -2.33. The fraction of sp³-hybridized carbons (Fsp3) is 0.286. The van der Waals surface area contributed by atoms with Crippen molar-refractivity contribution in [3.8, 4) is 5.75 Å². The Morgan fingerprint density at radius 1 is 0.949 bits per heavy atom. The van der Waals surface area contributed by atoms with Crippen molar-refractivity contribution in [3.05, 3.63) is 94.0 Å². The molecule has 0 heterocycles. The van der Waals surface area contributed by atoms with Gasteiger partial charge >= 0.3 is 0 Å². The molecule has 0 aromatic heterocycles. The molecule has 208 valence electrons. The standard InChI is InChI=1S/C28H31Cl2N3O5S/c1-4-26(28(35)31-2)32(17-23-24(29)11-8-12-25(23)30)27(34)18-33(39(3,36)37)21-13-15-22(16-14-21)38-19-20-9-6-5-7-10-20/h5-16,26H,4,17-19H2,1-3H3,(H,31,35)/t26-/m0/s1. The summed E-state index contributed by atoms with van der Waals surface area (Å²) in [6.45, 7) is 1.51. The number of carbonyl (C=O) groups is 2. The highest BCUT2D eigenvalue weighted by molar-refractivity contribution is 7.92. The van der Waals surface area contributed by atoms with Crippen molar-refractivity contribution in [2.24, 2.45) is 0 Å².